The lowest BCUT2D eigenvalue weighted by molar-refractivity contribution is 0.856. The Hall–Kier alpha value is -1.29. The minimum atomic E-state index is -0.00859. The highest BCUT2D eigenvalue weighted by Crippen LogP contribution is 2.47. The molecule has 0 bridgehead atoms. The summed E-state index contributed by atoms with van der Waals surface area (Å²) in [5.74, 6) is 2.85. The highest BCUT2D eigenvalue weighted by atomic mass is 14.7. The molecule has 0 amide bonds. The number of aryl methyl sites for hydroxylation is 1. The van der Waals surface area contributed by atoms with Gasteiger partial charge in [0.05, 0.1) is 11.1 Å². The van der Waals surface area contributed by atoms with E-state index in [-0.39, 0.29) is 5.41 Å². The van der Waals surface area contributed by atoms with Gasteiger partial charge in [-0.2, -0.15) is 0 Å². The Kier molecular flexibility index (Phi) is 1.44. The molecule has 12 heavy (non-hydrogen) atoms. The first-order valence-electron chi connectivity index (χ1n) is 4.18. The van der Waals surface area contributed by atoms with Crippen LogP contribution >= 0.6 is 0 Å². The number of nitrogens with zero attached hydrogens (tertiary/aromatic N) is 1. The van der Waals surface area contributed by atoms with Crippen LogP contribution in [0.4, 0.5) is 0 Å². The van der Waals surface area contributed by atoms with Gasteiger partial charge in [0.2, 0.25) is 0 Å². The summed E-state index contributed by atoms with van der Waals surface area (Å²) < 4.78 is 0. The minimum absolute atomic E-state index is 0.00859. The molecule has 0 aromatic carbocycles. The molecule has 1 fully saturated rings. The van der Waals surface area contributed by atoms with E-state index in [4.69, 9.17) is 6.42 Å². The van der Waals surface area contributed by atoms with Crippen molar-refractivity contribution in [1.29, 1.82) is 0 Å². The van der Waals surface area contributed by atoms with E-state index in [1.54, 1.807) is 0 Å². The van der Waals surface area contributed by atoms with E-state index in [0.29, 0.717) is 0 Å². The van der Waals surface area contributed by atoms with E-state index >= 15 is 0 Å². The molecule has 1 heteroatoms. The van der Waals surface area contributed by atoms with Crippen LogP contribution in [0.15, 0.2) is 18.3 Å². The van der Waals surface area contributed by atoms with E-state index in [2.05, 4.69) is 23.9 Å². The van der Waals surface area contributed by atoms with Gasteiger partial charge in [0.1, 0.15) is 0 Å². The molecule has 0 radical (unpaired) electrons. The van der Waals surface area contributed by atoms with Crippen molar-refractivity contribution in [2.45, 2.75) is 25.2 Å². The molecule has 0 unspecified atom stereocenters. The third kappa shape index (κ3) is 0.921. The number of pyridine rings is 1. The maximum atomic E-state index is 5.48. The first kappa shape index (κ1) is 7.36. The van der Waals surface area contributed by atoms with Gasteiger partial charge in [-0.3, -0.25) is 4.98 Å². The Morgan fingerprint density at radius 3 is 2.83 bits per heavy atom. The molecule has 1 aromatic heterocycles. The summed E-state index contributed by atoms with van der Waals surface area (Å²) in [4.78, 5) is 4.34. The Morgan fingerprint density at radius 1 is 1.58 bits per heavy atom. The van der Waals surface area contributed by atoms with Crippen LogP contribution in [0.5, 0.6) is 0 Å². The molecule has 1 saturated carbocycles. The Balaban J connectivity index is 2.48. The molecule has 1 heterocycles. The van der Waals surface area contributed by atoms with Crippen molar-refractivity contribution in [3.05, 3.63) is 29.6 Å². The van der Waals surface area contributed by atoms with Crippen molar-refractivity contribution in [3.8, 4) is 12.3 Å². The van der Waals surface area contributed by atoms with Crippen molar-refractivity contribution in [2.24, 2.45) is 0 Å². The summed E-state index contributed by atoms with van der Waals surface area (Å²) in [6.07, 6.45) is 9.50. The Labute approximate surface area is 72.8 Å². The number of rotatable bonds is 1. The number of aromatic nitrogens is 1. The predicted molar refractivity (Wildman–Crippen MR) is 48.7 cm³/mol. The van der Waals surface area contributed by atoms with Crippen molar-refractivity contribution in [2.75, 3.05) is 0 Å². The second-order valence-electron chi connectivity index (χ2n) is 3.40. The summed E-state index contributed by atoms with van der Waals surface area (Å²) >= 11 is 0. The van der Waals surface area contributed by atoms with Crippen LogP contribution in [0.25, 0.3) is 0 Å². The average molecular weight is 157 g/mol. The topological polar surface area (TPSA) is 12.9 Å². The summed E-state index contributed by atoms with van der Waals surface area (Å²) in [7, 11) is 0. The van der Waals surface area contributed by atoms with Gasteiger partial charge in [-0.05, 0) is 31.4 Å². The first-order valence-corrected chi connectivity index (χ1v) is 4.18. The van der Waals surface area contributed by atoms with Crippen LogP contribution in [0.1, 0.15) is 24.1 Å². The molecule has 0 saturated heterocycles. The van der Waals surface area contributed by atoms with Crippen LogP contribution in [0.2, 0.25) is 0 Å². The fraction of sp³-hybridized carbons (Fsp3) is 0.364. The molecule has 0 spiro atoms. The summed E-state index contributed by atoms with van der Waals surface area (Å²) in [5, 5.41) is 0. The number of hydrogen-bond donors (Lipinski definition) is 0. The molecule has 0 N–H and O–H groups in total. The fourth-order valence-electron chi connectivity index (χ4n) is 1.56. The smallest absolute Gasteiger partial charge is 0.0735 e. The normalized spacial score (nSPS) is 18.3. The standard InChI is InChI=1S/C11H11N/c1-3-11(6-7-11)10-9(2)5-4-8-12-10/h1,4-5,8H,6-7H2,2H3. The van der Waals surface area contributed by atoms with Gasteiger partial charge in [0, 0.05) is 6.20 Å². The van der Waals surface area contributed by atoms with Gasteiger partial charge in [0.25, 0.3) is 0 Å². The number of terminal acetylenes is 1. The van der Waals surface area contributed by atoms with Crippen molar-refractivity contribution < 1.29 is 0 Å². The molecule has 0 atom stereocenters. The van der Waals surface area contributed by atoms with Gasteiger partial charge in [-0.25, -0.2) is 0 Å². The molecule has 1 aromatic rings. The molecule has 0 aliphatic heterocycles. The van der Waals surface area contributed by atoms with Crippen LogP contribution < -0.4 is 0 Å². The van der Waals surface area contributed by atoms with Gasteiger partial charge < -0.3 is 0 Å². The fourth-order valence-corrected chi connectivity index (χ4v) is 1.56. The molecule has 1 aliphatic rings. The Bertz CT molecular complexity index is 342. The average Bonchev–Trinajstić information content (AvgIpc) is 2.86. The minimum Gasteiger partial charge on any atom is -0.259 e. The van der Waals surface area contributed by atoms with Gasteiger partial charge in [-0.1, -0.05) is 12.0 Å². The lowest BCUT2D eigenvalue weighted by Gasteiger charge is -2.08. The highest BCUT2D eigenvalue weighted by molar-refractivity contribution is 5.40. The lowest BCUT2D eigenvalue weighted by Crippen LogP contribution is -2.07. The largest absolute Gasteiger partial charge is 0.259 e. The molecule has 60 valence electrons. The molecular weight excluding hydrogens is 146 g/mol. The van der Waals surface area contributed by atoms with E-state index in [1.807, 2.05) is 12.3 Å². The first-order chi connectivity index (χ1) is 5.78. The van der Waals surface area contributed by atoms with Crippen molar-refractivity contribution >= 4 is 0 Å². The quantitative estimate of drug-likeness (QED) is 0.568. The second kappa shape index (κ2) is 2.35. The molecular formula is C11H11N. The summed E-state index contributed by atoms with van der Waals surface area (Å²) in [6, 6.07) is 4.02. The second-order valence-corrected chi connectivity index (χ2v) is 3.40. The van der Waals surface area contributed by atoms with Gasteiger partial charge >= 0.3 is 0 Å². The maximum absolute atomic E-state index is 5.48. The highest BCUT2D eigenvalue weighted by Gasteiger charge is 2.44. The van der Waals surface area contributed by atoms with Crippen molar-refractivity contribution in [3.63, 3.8) is 0 Å². The maximum Gasteiger partial charge on any atom is 0.0735 e. The SMILES string of the molecule is C#CC1(c2ncccc2C)CC1. The molecule has 1 aliphatic carbocycles. The zero-order valence-electron chi connectivity index (χ0n) is 7.17. The zero-order valence-corrected chi connectivity index (χ0v) is 7.17. The Morgan fingerprint density at radius 2 is 2.33 bits per heavy atom. The molecule has 1 nitrogen and oxygen atoms in total. The van der Waals surface area contributed by atoms with Crippen LogP contribution in [0, 0.1) is 19.3 Å². The van der Waals surface area contributed by atoms with Crippen LogP contribution in [-0.4, -0.2) is 4.98 Å². The van der Waals surface area contributed by atoms with Gasteiger partial charge in [-0.15, -0.1) is 6.42 Å². The van der Waals surface area contributed by atoms with Gasteiger partial charge in [0.15, 0.2) is 0 Å². The van der Waals surface area contributed by atoms with E-state index in [9.17, 15) is 0 Å². The van der Waals surface area contributed by atoms with E-state index in [1.165, 1.54) is 5.56 Å². The zero-order chi connectivity index (χ0) is 8.60. The monoisotopic (exact) mass is 157 g/mol. The van der Waals surface area contributed by atoms with Crippen LogP contribution in [-0.2, 0) is 5.41 Å². The number of hydrogen-bond acceptors (Lipinski definition) is 1. The van der Waals surface area contributed by atoms with Crippen LogP contribution in [0.3, 0.4) is 0 Å². The predicted octanol–water partition coefficient (Wildman–Crippen LogP) is 2.05. The summed E-state index contributed by atoms with van der Waals surface area (Å²) in [5.41, 5.74) is 2.31. The molecule has 2 rings (SSSR count). The summed E-state index contributed by atoms with van der Waals surface area (Å²) in [6.45, 7) is 2.07. The lowest BCUT2D eigenvalue weighted by atomic mass is 9.99. The van der Waals surface area contributed by atoms with E-state index < -0.39 is 0 Å². The third-order valence-electron chi connectivity index (χ3n) is 2.49. The third-order valence-corrected chi connectivity index (χ3v) is 2.49. The van der Waals surface area contributed by atoms with Crippen molar-refractivity contribution in [1.82, 2.24) is 4.98 Å². The van der Waals surface area contributed by atoms with E-state index in [0.717, 1.165) is 18.5 Å².